The van der Waals surface area contributed by atoms with E-state index in [2.05, 4.69) is 29.5 Å². The lowest BCUT2D eigenvalue weighted by molar-refractivity contribution is -0.118. The van der Waals surface area contributed by atoms with E-state index in [0.29, 0.717) is 47.0 Å². The number of hydrogen-bond donors (Lipinski definition) is 2. The Balaban J connectivity index is 1.55. The number of hydrogen-bond acceptors (Lipinski definition) is 7. The van der Waals surface area contributed by atoms with Crippen LogP contribution < -0.4 is 24.8 Å². The van der Waals surface area contributed by atoms with Crippen molar-refractivity contribution in [2.24, 2.45) is 5.41 Å². The zero-order valence-electron chi connectivity index (χ0n) is 25.0. The first kappa shape index (κ1) is 28.9. The molecule has 1 aliphatic carbocycles. The van der Waals surface area contributed by atoms with Crippen LogP contribution >= 0.6 is 0 Å². The van der Waals surface area contributed by atoms with E-state index in [9.17, 15) is 9.59 Å². The lowest BCUT2D eigenvalue weighted by Gasteiger charge is -2.39. The Morgan fingerprint density at radius 1 is 1.00 bits per heavy atom. The number of amides is 1. The van der Waals surface area contributed by atoms with Gasteiger partial charge in [-0.25, -0.2) is 4.98 Å². The van der Waals surface area contributed by atoms with Crippen LogP contribution in [0.5, 0.6) is 17.2 Å². The van der Waals surface area contributed by atoms with Crippen molar-refractivity contribution in [3.63, 3.8) is 0 Å². The maximum Gasteiger partial charge on any atom is 0.255 e. The van der Waals surface area contributed by atoms with Crippen molar-refractivity contribution in [2.45, 2.75) is 53.1 Å². The van der Waals surface area contributed by atoms with Crippen LogP contribution in [-0.4, -0.2) is 30.9 Å². The normalized spacial score (nSPS) is 17.8. The van der Waals surface area contributed by atoms with Gasteiger partial charge in [-0.3, -0.25) is 9.59 Å². The number of rotatable bonds is 8. The fraction of sp³-hybridized carbons (Fsp3) is 0.324. The number of carbonyl (C=O) groups is 2. The molecule has 0 saturated carbocycles. The minimum absolute atomic E-state index is 0.0388. The number of ketones is 1. The van der Waals surface area contributed by atoms with Gasteiger partial charge in [0.2, 0.25) is 0 Å². The molecule has 2 aliphatic rings. The molecule has 1 amide bonds. The summed E-state index contributed by atoms with van der Waals surface area (Å²) >= 11 is 0. The van der Waals surface area contributed by atoms with Crippen LogP contribution in [0, 0.1) is 12.3 Å². The van der Waals surface area contributed by atoms with Crippen molar-refractivity contribution in [1.82, 2.24) is 10.3 Å². The first-order chi connectivity index (χ1) is 20.1. The van der Waals surface area contributed by atoms with Crippen LogP contribution in [0.1, 0.15) is 56.2 Å². The third-order valence-corrected chi connectivity index (χ3v) is 7.73. The molecule has 2 heterocycles. The number of aryl methyl sites for hydroxylation is 1. The summed E-state index contributed by atoms with van der Waals surface area (Å²) in [5.74, 6) is 1.69. The molecule has 0 spiro atoms. The molecule has 2 N–H and O–H groups in total. The predicted molar refractivity (Wildman–Crippen MR) is 162 cm³/mol. The number of nitrogens with zero attached hydrogens (tertiary/aromatic N) is 1. The largest absolute Gasteiger partial charge is 0.497 e. The molecule has 218 valence electrons. The molecular weight excluding hydrogens is 530 g/mol. The highest BCUT2D eigenvalue weighted by molar-refractivity contribution is 6.09. The molecule has 1 atom stereocenters. The first-order valence-corrected chi connectivity index (χ1v) is 14.0. The van der Waals surface area contributed by atoms with Gasteiger partial charge in [0.15, 0.2) is 5.78 Å². The van der Waals surface area contributed by atoms with Crippen LogP contribution in [0.3, 0.4) is 0 Å². The van der Waals surface area contributed by atoms with Crippen molar-refractivity contribution < 1.29 is 23.8 Å². The third kappa shape index (κ3) is 6.03. The quantitative estimate of drug-likeness (QED) is 0.333. The van der Waals surface area contributed by atoms with E-state index in [1.807, 2.05) is 62.4 Å². The molecule has 1 aromatic heterocycles. The Bertz CT molecular complexity index is 1570. The van der Waals surface area contributed by atoms with E-state index >= 15 is 0 Å². The molecule has 8 nitrogen and oxygen atoms in total. The average molecular weight is 568 g/mol. The Hall–Kier alpha value is -4.59. The van der Waals surface area contributed by atoms with Crippen LogP contribution in [0.25, 0.3) is 0 Å². The van der Waals surface area contributed by atoms with Gasteiger partial charge >= 0.3 is 0 Å². The Morgan fingerprint density at radius 2 is 1.74 bits per heavy atom. The van der Waals surface area contributed by atoms with E-state index in [0.717, 1.165) is 28.1 Å². The number of aromatic nitrogens is 1. The van der Waals surface area contributed by atoms with E-state index in [-0.39, 0.29) is 23.7 Å². The van der Waals surface area contributed by atoms with Crippen molar-refractivity contribution in [3.8, 4) is 17.2 Å². The molecule has 0 bridgehead atoms. The van der Waals surface area contributed by atoms with Gasteiger partial charge in [-0.15, -0.1) is 0 Å². The maximum atomic E-state index is 13.9. The topological polar surface area (TPSA) is 98.8 Å². The molecule has 5 rings (SSSR count). The third-order valence-electron chi connectivity index (χ3n) is 7.73. The summed E-state index contributed by atoms with van der Waals surface area (Å²) in [5.41, 5.74) is 5.12. The van der Waals surface area contributed by atoms with Crippen LogP contribution in [-0.2, 0) is 16.2 Å². The van der Waals surface area contributed by atoms with Gasteiger partial charge < -0.3 is 24.8 Å². The van der Waals surface area contributed by atoms with Crippen LogP contribution in [0.4, 0.5) is 5.82 Å². The van der Waals surface area contributed by atoms with Crippen LogP contribution in [0.15, 0.2) is 83.3 Å². The lowest BCUT2D eigenvalue weighted by atomic mass is 9.68. The lowest BCUT2D eigenvalue weighted by Crippen LogP contribution is -2.39. The van der Waals surface area contributed by atoms with Gasteiger partial charge in [0, 0.05) is 46.6 Å². The second-order valence-electron chi connectivity index (χ2n) is 11.6. The number of benzene rings is 2. The number of methoxy groups -OCH3 is 2. The first-order valence-electron chi connectivity index (χ1n) is 14.0. The summed E-state index contributed by atoms with van der Waals surface area (Å²) in [4.78, 5) is 32.0. The van der Waals surface area contributed by atoms with Crippen LogP contribution in [0.2, 0.25) is 0 Å². The van der Waals surface area contributed by atoms with E-state index in [1.165, 1.54) is 0 Å². The van der Waals surface area contributed by atoms with E-state index in [4.69, 9.17) is 14.2 Å². The molecular formula is C34H37N3O5. The second-order valence-corrected chi connectivity index (χ2v) is 11.6. The fourth-order valence-corrected chi connectivity index (χ4v) is 5.72. The van der Waals surface area contributed by atoms with Gasteiger partial charge in [0.25, 0.3) is 5.91 Å². The van der Waals surface area contributed by atoms with E-state index < -0.39 is 5.92 Å². The summed E-state index contributed by atoms with van der Waals surface area (Å²) in [6.07, 6.45) is 2.82. The number of pyridine rings is 1. The summed E-state index contributed by atoms with van der Waals surface area (Å²) in [6, 6.07) is 16.8. The molecule has 2 aromatic carbocycles. The summed E-state index contributed by atoms with van der Waals surface area (Å²) < 4.78 is 17.0. The minimum Gasteiger partial charge on any atom is -0.497 e. The number of Topliss-reactive ketones (excluding diaryl/α,β-unsaturated/α-hetero) is 1. The minimum atomic E-state index is -0.569. The molecule has 3 aromatic rings. The average Bonchev–Trinajstić information content (AvgIpc) is 2.96. The van der Waals surface area contributed by atoms with Gasteiger partial charge in [0.05, 0.1) is 14.2 Å². The number of carbonyl (C=O) groups excluding carboxylic acids is 2. The highest BCUT2D eigenvalue weighted by atomic mass is 16.5. The number of nitrogens with one attached hydrogen (secondary N) is 2. The van der Waals surface area contributed by atoms with Crippen molar-refractivity contribution in [3.05, 3.63) is 100 Å². The molecule has 0 radical (unpaired) electrons. The van der Waals surface area contributed by atoms with Gasteiger partial charge in [-0.2, -0.15) is 0 Å². The summed E-state index contributed by atoms with van der Waals surface area (Å²) in [6.45, 7) is 8.25. The summed E-state index contributed by atoms with van der Waals surface area (Å²) in [7, 11) is 3.23. The molecule has 1 aliphatic heterocycles. The standard InChI is InChI=1S/C34H37N3O5/c1-20-7-14-29(35-18-20)37-33(39)30-21(2)36-26-16-34(3,4)17-27(38)32(26)31(30)22-8-13-28(41-6)23(15-22)19-42-25-11-9-24(40-5)10-12-25/h7-15,18,31,36H,16-17,19H2,1-6H3,(H,35,37,39)/t31-/m0/s1. The number of anilines is 1. The molecule has 8 heteroatoms. The predicted octanol–water partition coefficient (Wildman–Crippen LogP) is 6.23. The number of ether oxygens (including phenoxy) is 3. The van der Waals surface area contributed by atoms with E-state index in [1.54, 1.807) is 26.5 Å². The summed E-state index contributed by atoms with van der Waals surface area (Å²) in [5, 5.41) is 6.37. The fourth-order valence-electron chi connectivity index (χ4n) is 5.72. The molecule has 0 saturated heterocycles. The SMILES string of the molecule is COc1ccc(OCc2cc([C@H]3C(C(=O)Nc4ccc(C)cn4)=C(C)NC4=C3C(=O)CC(C)(C)C4)ccc2OC)cc1. The Labute approximate surface area is 246 Å². The Kier molecular flexibility index (Phi) is 8.07. The zero-order valence-corrected chi connectivity index (χ0v) is 25.0. The number of allylic oxidation sites excluding steroid dienone is 3. The monoisotopic (exact) mass is 567 g/mol. The Morgan fingerprint density at radius 3 is 2.40 bits per heavy atom. The van der Waals surface area contributed by atoms with Crippen molar-refractivity contribution >= 4 is 17.5 Å². The zero-order chi connectivity index (χ0) is 30.0. The van der Waals surface area contributed by atoms with Crippen molar-refractivity contribution in [2.75, 3.05) is 19.5 Å². The van der Waals surface area contributed by atoms with Gasteiger partial charge in [0.1, 0.15) is 29.7 Å². The maximum absolute atomic E-state index is 13.9. The second kappa shape index (κ2) is 11.7. The molecule has 0 fully saturated rings. The highest BCUT2D eigenvalue weighted by Crippen LogP contribution is 2.47. The van der Waals surface area contributed by atoms with Gasteiger partial charge in [-0.05, 0) is 79.3 Å². The molecule has 42 heavy (non-hydrogen) atoms. The van der Waals surface area contributed by atoms with Crippen molar-refractivity contribution in [1.29, 1.82) is 0 Å². The molecule has 0 unspecified atom stereocenters. The smallest absolute Gasteiger partial charge is 0.255 e. The highest BCUT2D eigenvalue weighted by Gasteiger charge is 2.43. The number of dihydropyridines is 1. The van der Waals surface area contributed by atoms with Gasteiger partial charge in [-0.1, -0.05) is 26.0 Å².